The van der Waals surface area contributed by atoms with Gasteiger partial charge in [-0.3, -0.25) is 0 Å². The molecule has 0 aliphatic carbocycles. The summed E-state index contributed by atoms with van der Waals surface area (Å²) in [6, 6.07) is 7.89. The Hall–Kier alpha value is -1.19. The van der Waals surface area contributed by atoms with Crippen LogP contribution in [-0.4, -0.2) is 14.2 Å². The van der Waals surface area contributed by atoms with E-state index >= 15 is 0 Å². The molecule has 0 spiro atoms. The molecule has 0 bridgehead atoms. The summed E-state index contributed by atoms with van der Waals surface area (Å²) in [5.41, 5.74) is 2.05. The van der Waals surface area contributed by atoms with E-state index in [2.05, 4.69) is 0 Å². The lowest BCUT2D eigenvalue weighted by Crippen LogP contribution is -1.90. The Balaban J connectivity index is 2.56. The predicted molar refractivity (Wildman–Crippen MR) is 72.4 cm³/mol. The van der Waals surface area contributed by atoms with Crippen molar-refractivity contribution in [3.05, 3.63) is 35.2 Å². The molecule has 0 N–H and O–H groups in total. The molecular weight excluding hydrogens is 256 g/mol. The smallest absolute Gasteiger partial charge is 0.141 e. The van der Waals surface area contributed by atoms with E-state index in [0.29, 0.717) is 5.88 Å². The molecule has 2 rings (SSSR count). The highest BCUT2D eigenvalue weighted by Crippen LogP contribution is 2.43. The van der Waals surface area contributed by atoms with E-state index in [4.69, 9.17) is 21.1 Å². The SMILES string of the molecule is COc1ccccc1-c1scc(CCl)c1OC. The standard InChI is InChI=1S/C13H13ClO2S/c1-15-11-6-4-3-5-10(11)13-12(16-2)9(7-14)8-17-13/h3-6,8H,7H2,1-2H3. The van der Waals surface area contributed by atoms with Gasteiger partial charge in [0.1, 0.15) is 11.5 Å². The molecule has 0 atom stereocenters. The van der Waals surface area contributed by atoms with Gasteiger partial charge >= 0.3 is 0 Å². The Morgan fingerprint density at radius 1 is 1.18 bits per heavy atom. The van der Waals surface area contributed by atoms with E-state index in [1.807, 2.05) is 29.6 Å². The maximum atomic E-state index is 5.88. The van der Waals surface area contributed by atoms with Crippen molar-refractivity contribution in [2.75, 3.05) is 14.2 Å². The Bertz CT molecular complexity index is 508. The van der Waals surface area contributed by atoms with Gasteiger partial charge in [0.25, 0.3) is 0 Å². The van der Waals surface area contributed by atoms with Crippen LogP contribution in [0.25, 0.3) is 10.4 Å². The molecule has 2 aromatic rings. The van der Waals surface area contributed by atoms with Crippen LogP contribution in [0, 0.1) is 0 Å². The average molecular weight is 269 g/mol. The number of benzene rings is 1. The first-order valence-corrected chi connectivity index (χ1v) is 6.57. The maximum Gasteiger partial charge on any atom is 0.141 e. The molecular formula is C13H13ClO2S. The number of ether oxygens (including phenoxy) is 2. The van der Waals surface area contributed by atoms with Crippen LogP contribution in [0.15, 0.2) is 29.6 Å². The number of rotatable bonds is 4. The molecule has 1 aromatic heterocycles. The zero-order valence-electron chi connectivity index (χ0n) is 9.70. The summed E-state index contributed by atoms with van der Waals surface area (Å²) in [4.78, 5) is 1.06. The van der Waals surface area contributed by atoms with Crippen LogP contribution in [0.5, 0.6) is 11.5 Å². The van der Waals surface area contributed by atoms with Gasteiger partial charge in [-0.05, 0) is 17.5 Å². The van der Waals surface area contributed by atoms with E-state index in [0.717, 1.165) is 27.5 Å². The summed E-state index contributed by atoms with van der Waals surface area (Å²) in [7, 11) is 3.33. The van der Waals surface area contributed by atoms with Crippen molar-refractivity contribution in [2.45, 2.75) is 5.88 Å². The third kappa shape index (κ3) is 2.26. The third-order valence-electron chi connectivity index (χ3n) is 2.52. The fourth-order valence-corrected chi connectivity index (χ4v) is 3.07. The van der Waals surface area contributed by atoms with Crippen LogP contribution in [0.1, 0.15) is 5.56 Å². The second-order valence-electron chi connectivity index (χ2n) is 3.46. The molecule has 90 valence electrons. The Morgan fingerprint density at radius 2 is 1.94 bits per heavy atom. The second kappa shape index (κ2) is 5.43. The van der Waals surface area contributed by atoms with Gasteiger partial charge in [0.2, 0.25) is 0 Å². The lowest BCUT2D eigenvalue weighted by Gasteiger charge is -2.09. The zero-order chi connectivity index (χ0) is 12.3. The lowest BCUT2D eigenvalue weighted by atomic mass is 10.1. The summed E-state index contributed by atoms with van der Waals surface area (Å²) in [6.07, 6.45) is 0. The normalized spacial score (nSPS) is 10.3. The topological polar surface area (TPSA) is 18.5 Å². The Labute approximate surface area is 110 Å². The lowest BCUT2D eigenvalue weighted by molar-refractivity contribution is 0.410. The summed E-state index contributed by atoms with van der Waals surface area (Å²) in [5, 5.41) is 2.02. The van der Waals surface area contributed by atoms with Gasteiger partial charge in [-0.1, -0.05) is 12.1 Å². The van der Waals surface area contributed by atoms with E-state index in [9.17, 15) is 0 Å². The van der Waals surface area contributed by atoms with E-state index in [1.54, 1.807) is 25.6 Å². The Morgan fingerprint density at radius 3 is 2.59 bits per heavy atom. The number of hydrogen-bond acceptors (Lipinski definition) is 3. The molecule has 1 aromatic carbocycles. The van der Waals surface area contributed by atoms with Crippen LogP contribution in [0.3, 0.4) is 0 Å². The molecule has 4 heteroatoms. The predicted octanol–water partition coefficient (Wildman–Crippen LogP) is 4.17. The molecule has 0 amide bonds. The molecule has 0 aliphatic heterocycles. The first-order valence-electron chi connectivity index (χ1n) is 5.15. The van der Waals surface area contributed by atoms with Crippen LogP contribution in [0.4, 0.5) is 0 Å². The van der Waals surface area contributed by atoms with Crippen molar-refractivity contribution in [3.63, 3.8) is 0 Å². The maximum absolute atomic E-state index is 5.88. The minimum absolute atomic E-state index is 0.453. The number of methoxy groups -OCH3 is 2. The van der Waals surface area contributed by atoms with Crippen molar-refractivity contribution >= 4 is 22.9 Å². The van der Waals surface area contributed by atoms with Crippen molar-refractivity contribution < 1.29 is 9.47 Å². The van der Waals surface area contributed by atoms with Crippen LogP contribution >= 0.6 is 22.9 Å². The van der Waals surface area contributed by atoms with Crippen molar-refractivity contribution in [1.29, 1.82) is 0 Å². The zero-order valence-corrected chi connectivity index (χ0v) is 11.3. The van der Waals surface area contributed by atoms with E-state index in [1.165, 1.54) is 0 Å². The highest BCUT2D eigenvalue weighted by atomic mass is 35.5. The van der Waals surface area contributed by atoms with Crippen molar-refractivity contribution in [2.24, 2.45) is 0 Å². The van der Waals surface area contributed by atoms with Crippen LogP contribution < -0.4 is 9.47 Å². The van der Waals surface area contributed by atoms with Gasteiger partial charge in [0, 0.05) is 11.1 Å². The number of alkyl halides is 1. The molecule has 0 fully saturated rings. The van der Waals surface area contributed by atoms with E-state index in [-0.39, 0.29) is 0 Å². The monoisotopic (exact) mass is 268 g/mol. The first-order chi connectivity index (χ1) is 8.31. The fraction of sp³-hybridized carbons (Fsp3) is 0.231. The van der Waals surface area contributed by atoms with Gasteiger partial charge in [-0.2, -0.15) is 0 Å². The second-order valence-corrected chi connectivity index (χ2v) is 4.60. The van der Waals surface area contributed by atoms with Crippen molar-refractivity contribution in [1.82, 2.24) is 0 Å². The first kappa shape index (κ1) is 12.3. The largest absolute Gasteiger partial charge is 0.496 e. The molecule has 0 saturated carbocycles. The molecule has 0 unspecified atom stereocenters. The number of para-hydroxylation sites is 1. The summed E-state index contributed by atoms with van der Waals surface area (Å²) in [6.45, 7) is 0. The quantitative estimate of drug-likeness (QED) is 0.775. The molecule has 0 radical (unpaired) electrons. The fourth-order valence-electron chi connectivity index (χ4n) is 1.72. The van der Waals surface area contributed by atoms with Crippen LogP contribution in [-0.2, 0) is 5.88 Å². The van der Waals surface area contributed by atoms with Gasteiger partial charge in [-0.15, -0.1) is 22.9 Å². The van der Waals surface area contributed by atoms with Gasteiger partial charge in [0.15, 0.2) is 0 Å². The van der Waals surface area contributed by atoms with Crippen molar-refractivity contribution in [3.8, 4) is 21.9 Å². The highest BCUT2D eigenvalue weighted by molar-refractivity contribution is 7.14. The Kier molecular flexibility index (Phi) is 3.92. The number of halogens is 1. The number of hydrogen-bond donors (Lipinski definition) is 0. The highest BCUT2D eigenvalue weighted by Gasteiger charge is 2.16. The molecule has 0 saturated heterocycles. The van der Waals surface area contributed by atoms with E-state index < -0.39 is 0 Å². The average Bonchev–Trinajstić information content (AvgIpc) is 2.81. The minimum Gasteiger partial charge on any atom is -0.496 e. The molecule has 2 nitrogen and oxygen atoms in total. The molecule has 1 heterocycles. The third-order valence-corrected chi connectivity index (χ3v) is 3.85. The van der Waals surface area contributed by atoms with Gasteiger partial charge in [-0.25, -0.2) is 0 Å². The summed E-state index contributed by atoms with van der Waals surface area (Å²) < 4.78 is 10.8. The van der Waals surface area contributed by atoms with Gasteiger partial charge in [0.05, 0.1) is 25.0 Å². The molecule has 0 aliphatic rings. The summed E-state index contributed by atoms with van der Waals surface area (Å²) in [5.74, 6) is 2.14. The number of thiophene rings is 1. The minimum atomic E-state index is 0.453. The van der Waals surface area contributed by atoms with Gasteiger partial charge < -0.3 is 9.47 Å². The summed E-state index contributed by atoms with van der Waals surface area (Å²) >= 11 is 7.50. The molecule has 17 heavy (non-hydrogen) atoms. The van der Waals surface area contributed by atoms with Crippen LogP contribution in [0.2, 0.25) is 0 Å².